The maximum Gasteiger partial charge on any atom is 0.255 e. The second-order valence-electron chi connectivity index (χ2n) is 5.20. The fourth-order valence-electron chi connectivity index (χ4n) is 1.85. The molecule has 0 aromatic heterocycles. The average molecular weight is 417 g/mol. The van der Waals surface area contributed by atoms with Gasteiger partial charge in [0.2, 0.25) is 0 Å². The zero-order valence-electron chi connectivity index (χ0n) is 12.5. The van der Waals surface area contributed by atoms with Gasteiger partial charge in [-0.05, 0) is 56.3 Å². The van der Waals surface area contributed by atoms with Crippen LogP contribution in [-0.2, 0) is 9.84 Å². The van der Waals surface area contributed by atoms with Gasteiger partial charge < -0.3 is 5.32 Å². The summed E-state index contributed by atoms with van der Waals surface area (Å²) >= 11 is 9.35. The Kier molecular flexibility index (Phi) is 5.49. The van der Waals surface area contributed by atoms with Crippen LogP contribution in [0.5, 0.6) is 0 Å². The van der Waals surface area contributed by atoms with Crippen molar-refractivity contribution in [2.24, 2.45) is 0 Å². The van der Waals surface area contributed by atoms with Crippen LogP contribution in [0, 0.1) is 0 Å². The Morgan fingerprint density at radius 1 is 1.13 bits per heavy atom. The van der Waals surface area contributed by atoms with Gasteiger partial charge in [-0.15, -0.1) is 0 Å². The smallest absolute Gasteiger partial charge is 0.255 e. The maximum absolute atomic E-state index is 12.2. The van der Waals surface area contributed by atoms with Gasteiger partial charge in [-0.25, -0.2) is 8.42 Å². The number of hydrogen-bond donors (Lipinski definition) is 1. The lowest BCUT2D eigenvalue weighted by Crippen LogP contribution is -2.15. The Morgan fingerprint density at radius 2 is 1.74 bits per heavy atom. The minimum atomic E-state index is -3.35. The van der Waals surface area contributed by atoms with Crippen LogP contribution in [0.1, 0.15) is 24.2 Å². The SMILES string of the molecule is CC(C)S(=O)(=O)c1ccc(C(=O)Nc2ccc(Br)cc2Cl)cc1. The molecular weight excluding hydrogens is 402 g/mol. The van der Waals surface area contributed by atoms with E-state index < -0.39 is 15.1 Å². The first-order valence-corrected chi connectivity index (χ1v) is 9.54. The second kappa shape index (κ2) is 7.03. The van der Waals surface area contributed by atoms with Crippen LogP contribution < -0.4 is 5.32 Å². The number of rotatable bonds is 4. The molecule has 1 amide bonds. The van der Waals surface area contributed by atoms with Gasteiger partial charge in [0.05, 0.1) is 20.9 Å². The van der Waals surface area contributed by atoms with Gasteiger partial charge >= 0.3 is 0 Å². The van der Waals surface area contributed by atoms with Crippen molar-refractivity contribution in [2.75, 3.05) is 5.32 Å². The van der Waals surface area contributed by atoms with E-state index in [2.05, 4.69) is 21.2 Å². The largest absolute Gasteiger partial charge is 0.321 e. The molecule has 0 heterocycles. The Balaban J connectivity index is 2.21. The molecule has 4 nitrogen and oxygen atoms in total. The topological polar surface area (TPSA) is 63.2 Å². The van der Waals surface area contributed by atoms with E-state index in [1.54, 1.807) is 32.0 Å². The van der Waals surface area contributed by atoms with Gasteiger partial charge in [0.15, 0.2) is 9.84 Å². The van der Waals surface area contributed by atoms with E-state index >= 15 is 0 Å². The first-order chi connectivity index (χ1) is 10.7. The van der Waals surface area contributed by atoms with Crippen LogP contribution >= 0.6 is 27.5 Å². The van der Waals surface area contributed by atoms with E-state index in [0.29, 0.717) is 16.3 Å². The number of carbonyl (C=O) groups excluding carboxylic acids is 1. The van der Waals surface area contributed by atoms with Crippen molar-refractivity contribution in [1.29, 1.82) is 0 Å². The first-order valence-electron chi connectivity index (χ1n) is 6.82. The predicted molar refractivity (Wildman–Crippen MR) is 95.9 cm³/mol. The molecule has 23 heavy (non-hydrogen) atoms. The molecule has 0 aliphatic rings. The van der Waals surface area contributed by atoms with E-state index in [4.69, 9.17) is 11.6 Å². The van der Waals surface area contributed by atoms with Gasteiger partial charge in [-0.2, -0.15) is 0 Å². The van der Waals surface area contributed by atoms with Gasteiger partial charge in [0.1, 0.15) is 0 Å². The fraction of sp³-hybridized carbons (Fsp3) is 0.188. The zero-order chi connectivity index (χ0) is 17.2. The molecule has 2 rings (SSSR count). The quantitative estimate of drug-likeness (QED) is 0.796. The van der Waals surface area contributed by atoms with Crippen LogP contribution in [0.3, 0.4) is 0 Å². The minimum absolute atomic E-state index is 0.200. The van der Waals surface area contributed by atoms with Crippen molar-refractivity contribution in [3.8, 4) is 0 Å². The van der Waals surface area contributed by atoms with Crippen molar-refractivity contribution < 1.29 is 13.2 Å². The summed E-state index contributed by atoms with van der Waals surface area (Å²) in [5.74, 6) is -0.359. The molecule has 0 fully saturated rings. The summed E-state index contributed by atoms with van der Waals surface area (Å²) in [7, 11) is -3.35. The highest BCUT2D eigenvalue weighted by Crippen LogP contribution is 2.26. The molecule has 2 aromatic carbocycles. The number of hydrogen-bond acceptors (Lipinski definition) is 3. The monoisotopic (exact) mass is 415 g/mol. The lowest BCUT2D eigenvalue weighted by Gasteiger charge is -2.10. The number of halogens is 2. The third-order valence-corrected chi connectivity index (χ3v) is 6.22. The van der Waals surface area contributed by atoms with Crippen LogP contribution in [0.2, 0.25) is 5.02 Å². The lowest BCUT2D eigenvalue weighted by atomic mass is 10.2. The molecule has 0 bridgehead atoms. The van der Waals surface area contributed by atoms with Crippen molar-refractivity contribution in [3.63, 3.8) is 0 Å². The third kappa shape index (κ3) is 4.13. The minimum Gasteiger partial charge on any atom is -0.321 e. The molecule has 0 saturated heterocycles. The van der Waals surface area contributed by atoms with Crippen molar-refractivity contribution in [3.05, 3.63) is 57.5 Å². The normalized spacial score (nSPS) is 11.5. The molecule has 0 radical (unpaired) electrons. The molecule has 0 aliphatic heterocycles. The highest BCUT2D eigenvalue weighted by atomic mass is 79.9. The zero-order valence-corrected chi connectivity index (χ0v) is 15.7. The van der Waals surface area contributed by atoms with Gasteiger partial charge in [-0.3, -0.25) is 4.79 Å². The summed E-state index contributed by atoms with van der Waals surface area (Å²) < 4.78 is 24.9. The second-order valence-corrected chi connectivity index (χ2v) is 9.02. The van der Waals surface area contributed by atoms with Crippen molar-refractivity contribution in [2.45, 2.75) is 24.0 Å². The summed E-state index contributed by atoms with van der Waals surface area (Å²) in [4.78, 5) is 12.4. The van der Waals surface area contributed by atoms with Gasteiger partial charge in [0.25, 0.3) is 5.91 Å². The number of anilines is 1. The van der Waals surface area contributed by atoms with Crippen LogP contribution in [0.15, 0.2) is 51.8 Å². The Hall–Kier alpha value is -1.37. The Labute approximate surface area is 148 Å². The van der Waals surface area contributed by atoms with E-state index in [0.717, 1.165) is 4.47 Å². The van der Waals surface area contributed by atoms with Gasteiger partial charge in [0, 0.05) is 10.0 Å². The molecule has 122 valence electrons. The van der Waals surface area contributed by atoms with Crippen LogP contribution in [0.25, 0.3) is 0 Å². The maximum atomic E-state index is 12.2. The molecule has 1 N–H and O–H groups in total. The van der Waals surface area contributed by atoms with E-state index in [1.807, 2.05) is 0 Å². The van der Waals surface area contributed by atoms with Gasteiger partial charge in [-0.1, -0.05) is 27.5 Å². The molecule has 2 aromatic rings. The van der Waals surface area contributed by atoms with Crippen molar-refractivity contribution >= 4 is 49.0 Å². The Morgan fingerprint density at radius 3 is 2.26 bits per heavy atom. The molecule has 0 saturated carbocycles. The summed E-state index contributed by atoms with van der Waals surface area (Å²) in [6.07, 6.45) is 0. The lowest BCUT2D eigenvalue weighted by molar-refractivity contribution is 0.102. The molecule has 0 spiro atoms. The number of nitrogens with one attached hydrogen (secondary N) is 1. The van der Waals surface area contributed by atoms with E-state index in [1.165, 1.54) is 24.3 Å². The third-order valence-electron chi connectivity index (χ3n) is 3.24. The molecule has 7 heteroatoms. The fourth-order valence-corrected chi connectivity index (χ4v) is 3.63. The molecule has 0 atom stereocenters. The summed E-state index contributed by atoms with van der Waals surface area (Å²) in [6.45, 7) is 3.23. The number of sulfone groups is 1. The number of amides is 1. The summed E-state index contributed by atoms with van der Waals surface area (Å²) in [5.41, 5.74) is 0.838. The Bertz CT molecular complexity index is 833. The standard InChI is InChI=1S/C16H15BrClNO3S/c1-10(2)23(21,22)13-6-3-11(4-7-13)16(20)19-15-8-5-12(17)9-14(15)18/h3-10H,1-2H3,(H,19,20). The van der Waals surface area contributed by atoms with Crippen molar-refractivity contribution in [1.82, 2.24) is 0 Å². The number of carbonyl (C=O) groups is 1. The average Bonchev–Trinajstić information content (AvgIpc) is 2.50. The van der Waals surface area contributed by atoms with Crippen LogP contribution in [-0.4, -0.2) is 19.6 Å². The predicted octanol–water partition coefficient (Wildman–Crippen LogP) is 4.54. The molecule has 0 unspecified atom stereocenters. The summed E-state index contributed by atoms with van der Waals surface area (Å²) in [6, 6.07) is 11.0. The van der Waals surface area contributed by atoms with E-state index in [-0.39, 0.29) is 10.8 Å². The van der Waals surface area contributed by atoms with E-state index in [9.17, 15) is 13.2 Å². The highest BCUT2D eigenvalue weighted by molar-refractivity contribution is 9.10. The van der Waals surface area contributed by atoms with Crippen LogP contribution in [0.4, 0.5) is 5.69 Å². The highest BCUT2D eigenvalue weighted by Gasteiger charge is 2.19. The molecular formula is C16H15BrClNO3S. The number of benzene rings is 2. The summed E-state index contributed by atoms with van der Waals surface area (Å²) in [5, 5.41) is 2.59. The first kappa shape index (κ1) is 18.0. The molecule has 0 aliphatic carbocycles.